The molecule has 0 N–H and O–H groups in total. The summed E-state index contributed by atoms with van der Waals surface area (Å²) in [5.41, 5.74) is 0.555. The topological polar surface area (TPSA) is 55.9 Å². The molecule has 31 heavy (non-hydrogen) atoms. The normalized spacial score (nSPS) is 18.0. The standard InChI is InChI=1S/C26H35BrO4/c1-2-24-25(31-24)14-12-10-8-6-4-3-5-7-9-11-13-15-26(29)30-20-23(28)21-16-18-22(27)19-17-21/h4,6,10,12,16-19,24-25H,2-3,5,7-9,11,13-15,20H2,1H3/b6-4-,12-10-. The van der Waals surface area contributed by atoms with E-state index in [1.807, 2.05) is 0 Å². The fourth-order valence-corrected chi connectivity index (χ4v) is 3.63. The number of Topliss-reactive ketones (excluding diaryl/α,β-unsaturated/α-hetero) is 1. The van der Waals surface area contributed by atoms with E-state index in [0.29, 0.717) is 24.2 Å². The first kappa shape index (κ1) is 25.5. The molecule has 170 valence electrons. The van der Waals surface area contributed by atoms with Gasteiger partial charge in [0.05, 0.1) is 12.2 Å². The molecule has 2 rings (SSSR count). The Morgan fingerprint density at radius 1 is 0.968 bits per heavy atom. The third kappa shape index (κ3) is 11.5. The number of halogens is 1. The summed E-state index contributed by atoms with van der Waals surface area (Å²) >= 11 is 3.33. The van der Waals surface area contributed by atoms with Crippen molar-refractivity contribution in [1.82, 2.24) is 0 Å². The highest BCUT2D eigenvalue weighted by molar-refractivity contribution is 9.10. The van der Waals surface area contributed by atoms with Crippen LogP contribution in [0.4, 0.5) is 0 Å². The number of ether oxygens (including phenoxy) is 2. The number of unbranched alkanes of at least 4 members (excludes halogenated alkanes) is 5. The quantitative estimate of drug-likeness (QED) is 0.0824. The number of hydrogen-bond donors (Lipinski definition) is 0. The van der Waals surface area contributed by atoms with E-state index < -0.39 is 0 Å². The molecule has 5 heteroatoms. The van der Waals surface area contributed by atoms with Crippen molar-refractivity contribution in [2.45, 2.75) is 83.3 Å². The molecule has 2 unspecified atom stereocenters. The minimum Gasteiger partial charge on any atom is -0.457 e. The maximum absolute atomic E-state index is 12.0. The molecular weight excluding hydrogens is 456 g/mol. The lowest BCUT2D eigenvalue weighted by Crippen LogP contribution is -2.13. The van der Waals surface area contributed by atoms with Crippen LogP contribution in [0.5, 0.6) is 0 Å². The highest BCUT2D eigenvalue weighted by Crippen LogP contribution is 2.28. The number of ketones is 1. The Balaban J connectivity index is 1.37. The highest BCUT2D eigenvalue weighted by atomic mass is 79.9. The molecule has 1 aromatic rings. The Morgan fingerprint density at radius 3 is 2.42 bits per heavy atom. The van der Waals surface area contributed by atoms with Crippen molar-refractivity contribution in [1.29, 1.82) is 0 Å². The van der Waals surface area contributed by atoms with Crippen LogP contribution in [0, 0.1) is 0 Å². The molecular formula is C26H35BrO4. The lowest BCUT2D eigenvalue weighted by Gasteiger charge is -2.05. The number of esters is 1. The largest absolute Gasteiger partial charge is 0.457 e. The summed E-state index contributed by atoms with van der Waals surface area (Å²) in [6.45, 7) is 1.98. The van der Waals surface area contributed by atoms with Crippen molar-refractivity contribution in [2.24, 2.45) is 0 Å². The molecule has 4 nitrogen and oxygen atoms in total. The second-order valence-corrected chi connectivity index (χ2v) is 8.85. The van der Waals surface area contributed by atoms with Crippen molar-refractivity contribution in [3.05, 3.63) is 58.6 Å². The molecule has 0 radical (unpaired) electrons. The minimum atomic E-state index is -0.292. The summed E-state index contributed by atoms with van der Waals surface area (Å²) < 4.78 is 11.5. The number of allylic oxidation sites excluding steroid dienone is 3. The van der Waals surface area contributed by atoms with Crippen LogP contribution in [0.3, 0.4) is 0 Å². The van der Waals surface area contributed by atoms with Crippen LogP contribution in [0.2, 0.25) is 0 Å². The lowest BCUT2D eigenvalue weighted by molar-refractivity contribution is -0.142. The van der Waals surface area contributed by atoms with Crippen molar-refractivity contribution >= 4 is 27.7 Å². The van der Waals surface area contributed by atoms with Gasteiger partial charge in [0.2, 0.25) is 0 Å². The molecule has 1 aliphatic rings. The zero-order valence-electron chi connectivity index (χ0n) is 18.6. The van der Waals surface area contributed by atoms with Crippen LogP contribution < -0.4 is 0 Å². The summed E-state index contributed by atoms with van der Waals surface area (Å²) in [6, 6.07) is 7.04. The molecule has 0 aromatic heterocycles. The van der Waals surface area contributed by atoms with Gasteiger partial charge in [-0.15, -0.1) is 0 Å². The van der Waals surface area contributed by atoms with Gasteiger partial charge in [-0.3, -0.25) is 9.59 Å². The first-order valence-corrected chi connectivity index (χ1v) is 12.3. The Labute approximate surface area is 195 Å². The van der Waals surface area contributed by atoms with E-state index in [0.717, 1.165) is 49.4 Å². The summed E-state index contributed by atoms with van der Waals surface area (Å²) in [5.74, 6) is -0.466. The Bertz CT molecular complexity index is 723. The Kier molecular flexibility index (Phi) is 12.5. The average Bonchev–Trinajstić information content (AvgIpc) is 3.54. The monoisotopic (exact) mass is 490 g/mol. The Hall–Kier alpha value is -1.72. The predicted molar refractivity (Wildman–Crippen MR) is 128 cm³/mol. The van der Waals surface area contributed by atoms with E-state index in [4.69, 9.17) is 9.47 Å². The van der Waals surface area contributed by atoms with Gasteiger partial charge in [0, 0.05) is 16.5 Å². The summed E-state index contributed by atoms with van der Waals surface area (Å²) in [4.78, 5) is 23.8. The van der Waals surface area contributed by atoms with Gasteiger partial charge >= 0.3 is 5.97 Å². The number of rotatable bonds is 16. The molecule has 2 atom stereocenters. The molecule has 0 amide bonds. The second kappa shape index (κ2) is 15.1. The molecule has 1 fully saturated rings. The van der Waals surface area contributed by atoms with Crippen LogP contribution in [0.25, 0.3) is 0 Å². The van der Waals surface area contributed by atoms with E-state index in [2.05, 4.69) is 47.2 Å². The number of benzene rings is 1. The van der Waals surface area contributed by atoms with Gasteiger partial charge in [0.15, 0.2) is 12.4 Å². The average molecular weight is 491 g/mol. The van der Waals surface area contributed by atoms with Gasteiger partial charge in [0.1, 0.15) is 0 Å². The van der Waals surface area contributed by atoms with Gasteiger partial charge in [-0.1, -0.05) is 78.6 Å². The lowest BCUT2D eigenvalue weighted by atomic mass is 10.1. The third-order valence-electron chi connectivity index (χ3n) is 5.35. The van der Waals surface area contributed by atoms with Gasteiger partial charge in [-0.25, -0.2) is 0 Å². The zero-order valence-corrected chi connectivity index (χ0v) is 20.1. The van der Waals surface area contributed by atoms with Crippen molar-refractivity contribution in [3.63, 3.8) is 0 Å². The van der Waals surface area contributed by atoms with E-state index in [1.165, 1.54) is 12.8 Å². The van der Waals surface area contributed by atoms with E-state index in [1.54, 1.807) is 24.3 Å². The van der Waals surface area contributed by atoms with Crippen LogP contribution in [0.15, 0.2) is 53.0 Å². The van der Waals surface area contributed by atoms with Crippen molar-refractivity contribution in [3.8, 4) is 0 Å². The molecule has 0 saturated carbocycles. The van der Waals surface area contributed by atoms with Gasteiger partial charge in [0.25, 0.3) is 0 Å². The predicted octanol–water partition coefficient (Wildman–Crippen LogP) is 6.98. The molecule has 1 heterocycles. The molecule has 1 aromatic carbocycles. The van der Waals surface area contributed by atoms with Crippen LogP contribution in [0.1, 0.15) is 81.5 Å². The zero-order chi connectivity index (χ0) is 22.3. The molecule has 0 aliphatic carbocycles. The van der Waals surface area contributed by atoms with Gasteiger partial charge in [-0.05, 0) is 50.7 Å². The Morgan fingerprint density at radius 2 is 1.68 bits per heavy atom. The maximum Gasteiger partial charge on any atom is 0.306 e. The van der Waals surface area contributed by atoms with Crippen molar-refractivity contribution in [2.75, 3.05) is 6.61 Å². The summed E-state index contributed by atoms with van der Waals surface area (Å²) in [6.07, 6.45) is 19.9. The third-order valence-corrected chi connectivity index (χ3v) is 5.87. The molecule has 0 bridgehead atoms. The molecule has 1 saturated heterocycles. The molecule has 0 spiro atoms. The fourth-order valence-electron chi connectivity index (χ4n) is 3.36. The maximum atomic E-state index is 12.0. The van der Waals surface area contributed by atoms with Crippen LogP contribution >= 0.6 is 15.9 Å². The first-order chi connectivity index (χ1) is 15.1. The number of carbonyl (C=O) groups is 2. The number of epoxide rings is 1. The van der Waals surface area contributed by atoms with Crippen molar-refractivity contribution < 1.29 is 19.1 Å². The van der Waals surface area contributed by atoms with Crippen LogP contribution in [-0.4, -0.2) is 30.6 Å². The fraction of sp³-hybridized carbons (Fsp3) is 0.538. The number of carbonyl (C=O) groups excluding carboxylic acids is 2. The van der Waals surface area contributed by atoms with Gasteiger partial charge in [-0.2, -0.15) is 0 Å². The van der Waals surface area contributed by atoms with E-state index in [-0.39, 0.29) is 18.4 Å². The molecule has 1 aliphatic heterocycles. The van der Waals surface area contributed by atoms with E-state index in [9.17, 15) is 9.59 Å². The van der Waals surface area contributed by atoms with E-state index >= 15 is 0 Å². The highest BCUT2D eigenvalue weighted by Gasteiger charge is 2.35. The second-order valence-electron chi connectivity index (χ2n) is 7.93. The summed E-state index contributed by atoms with van der Waals surface area (Å²) in [5, 5.41) is 0. The van der Waals surface area contributed by atoms with Crippen LogP contribution in [-0.2, 0) is 14.3 Å². The minimum absolute atomic E-state index is 0.175. The first-order valence-electron chi connectivity index (χ1n) is 11.5. The smallest absolute Gasteiger partial charge is 0.306 e. The number of hydrogen-bond acceptors (Lipinski definition) is 4. The SMILES string of the molecule is CCC1OC1C/C=C\C/C=C\CCCCCCCC(=O)OCC(=O)c1ccc(Br)cc1. The summed E-state index contributed by atoms with van der Waals surface area (Å²) in [7, 11) is 0. The van der Waals surface area contributed by atoms with Gasteiger partial charge < -0.3 is 9.47 Å².